The van der Waals surface area contributed by atoms with E-state index in [1.807, 2.05) is 0 Å². The van der Waals surface area contributed by atoms with Crippen LogP contribution >= 0.6 is 0 Å². The molecule has 0 spiro atoms. The van der Waals surface area contributed by atoms with Gasteiger partial charge in [0.15, 0.2) is 0 Å². The Hall–Kier alpha value is -1.78. The summed E-state index contributed by atoms with van der Waals surface area (Å²) in [5.74, 6) is 0.631. The minimum atomic E-state index is -0.497. The number of anilines is 2. The van der Waals surface area contributed by atoms with Crippen LogP contribution in [0.4, 0.5) is 11.5 Å². The first-order valence-corrected chi connectivity index (χ1v) is 6.90. The molecule has 0 aromatic carbocycles. The van der Waals surface area contributed by atoms with Gasteiger partial charge in [-0.25, -0.2) is 4.98 Å². The largest absolute Gasteiger partial charge is 0.397 e. The summed E-state index contributed by atoms with van der Waals surface area (Å²) in [4.78, 5) is 15.7. The van der Waals surface area contributed by atoms with E-state index in [4.69, 9.17) is 11.5 Å². The molecule has 5 heteroatoms. The number of pyridine rings is 1. The number of nitrogen functional groups attached to an aromatic ring is 1. The molecule has 1 aliphatic carbocycles. The van der Waals surface area contributed by atoms with Crippen molar-refractivity contribution in [2.24, 2.45) is 11.7 Å². The monoisotopic (exact) mass is 262 g/mol. The topological polar surface area (TPSA) is 94.0 Å². The molecular weight excluding hydrogens is 240 g/mol. The van der Waals surface area contributed by atoms with E-state index in [2.05, 4.69) is 17.2 Å². The van der Waals surface area contributed by atoms with Crippen molar-refractivity contribution in [2.75, 3.05) is 11.1 Å². The van der Waals surface area contributed by atoms with Crippen LogP contribution in [-0.2, 0) is 0 Å². The quantitative estimate of drug-likeness (QED) is 0.727. The third kappa shape index (κ3) is 3.36. The van der Waals surface area contributed by atoms with Gasteiger partial charge in [0.25, 0.3) is 5.91 Å². The van der Waals surface area contributed by atoms with Gasteiger partial charge in [0.1, 0.15) is 5.82 Å². The Balaban J connectivity index is 2.19. The predicted molar refractivity (Wildman–Crippen MR) is 76.8 cm³/mol. The van der Waals surface area contributed by atoms with E-state index in [1.54, 1.807) is 12.3 Å². The maximum absolute atomic E-state index is 11.5. The molecular formula is C14H22N4O. The van der Waals surface area contributed by atoms with Crippen molar-refractivity contribution < 1.29 is 4.79 Å². The summed E-state index contributed by atoms with van der Waals surface area (Å²) in [6, 6.07) is 1.93. The number of hydrogen-bond donors (Lipinski definition) is 3. The van der Waals surface area contributed by atoms with Crippen molar-refractivity contribution in [1.29, 1.82) is 0 Å². The third-order valence-electron chi connectivity index (χ3n) is 3.86. The lowest BCUT2D eigenvalue weighted by Gasteiger charge is -2.24. The molecule has 1 amide bonds. The Morgan fingerprint density at radius 2 is 2.11 bits per heavy atom. The summed E-state index contributed by atoms with van der Waals surface area (Å²) in [5.41, 5.74) is 11.9. The third-order valence-corrected chi connectivity index (χ3v) is 3.86. The Bertz CT molecular complexity index is 461. The molecule has 2 unspecified atom stereocenters. The molecule has 0 radical (unpaired) electrons. The molecule has 19 heavy (non-hydrogen) atoms. The van der Waals surface area contributed by atoms with Gasteiger partial charge in [0, 0.05) is 6.04 Å². The fourth-order valence-corrected chi connectivity index (χ4v) is 2.67. The molecule has 0 bridgehead atoms. The molecule has 0 saturated heterocycles. The Morgan fingerprint density at radius 3 is 2.84 bits per heavy atom. The summed E-state index contributed by atoms with van der Waals surface area (Å²) in [6.45, 7) is 2.24. The first kappa shape index (κ1) is 13.6. The average Bonchev–Trinajstić information content (AvgIpc) is 2.57. The Labute approximate surface area is 113 Å². The van der Waals surface area contributed by atoms with Crippen molar-refractivity contribution >= 4 is 17.4 Å². The molecule has 2 rings (SSSR count). The highest BCUT2D eigenvalue weighted by molar-refractivity contribution is 5.98. The normalized spacial score (nSPS) is 23.6. The molecule has 1 aliphatic rings. The van der Waals surface area contributed by atoms with Gasteiger partial charge >= 0.3 is 0 Å². The van der Waals surface area contributed by atoms with E-state index >= 15 is 0 Å². The van der Waals surface area contributed by atoms with E-state index in [1.165, 1.54) is 25.7 Å². The number of carbonyl (C=O) groups excluding carboxylic acids is 1. The molecule has 2 atom stereocenters. The van der Waals surface area contributed by atoms with Gasteiger partial charge in [0.2, 0.25) is 0 Å². The van der Waals surface area contributed by atoms with Gasteiger partial charge < -0.3 is 16.8 Å². The van der Waals surface area contributed by atoms with Crippen molar-refractivity contribution in [1.82, 2.24) is 4.98 Å². The lowest BCUT2D eigenvalue weighted by atomic mass is 9.97. The van der Waals surface area contributed by atoms with Crippen molar-refractivity contribution in [2.45, 2.75) is 45.1 Å². The van der Waals surface area contributed by atoms with Crippen molar-refractivity contribution in [3.05, 3.63) is 17.8 Å². The molecule has 1 heterocycles. The van der Waals surface area contributed by atoms with Crippen LogP contribution in [0.5, 0.6) is 0 Å². The first-order chi connectivity index (χ1) is 9.08. The highest BCUT2D eigenvalue weighted by Gasteiger charge is 2.22. The zero-order valence-electron chi connectivity index (χ0n) is 11.4. The van der Waals surface area contributed by atoms with Gasteiger partial charge in [-0.1, -0.05) is 26.2 Å². The highest BCUT2D eigenvalue weighted by Crippen LogP contribution is 2.26. The van der Waals surface area contributed by atoms with Crippen LogP contribution in [0.2, 0.25) is 0 Å². The molecule has 1 saturated carbocycles. The second-order valence-electron chi connectivity index (χ2n) is 5.40. The molecule has 0 aliphatic heterocycles. The smallest absolute Gasteiger partial charge is 0.252 e. The Morgan fingerprint density at radius 1 is 1.37 bits per heavy atom. The van der Waals surface area contributed by atoms with Gasteiger partial charge in [-0.3, -0.25) is 4.79 Å². The van der Waals surface area contributed by atoms with E-state index < -0.39 is 5.91 Å². The number of nitrogens with zero attached hydrogens (tertiary/aromatic N) is 1. The summed E-state index contributed by atoms with van der Waals surface area (Å²) in [6.07, 6.45) is 7.63. The van der Waals surface area contributed by atoms with Gasteiger partial charge in [-0.15, -0.1) is 0 Å². The van der Waals surface area contributed by atoms with E-state index in [-0.39, 0.29) is 0 Å². The molecule has 1 aromatic rings. The van der Waals surface area contributed by atoms with Gasteiger partial charge in [-0.05, 0) is 24.8 Å². The maximum atomic E-state index is 11.5. The molecule has 1 aromatic heterocycles. The number of rotatable bonds is 3. The average molecular weight is 262 g/mol. The summed E-state index contributed by atoms with van der Waals surface area (Å²) in [7, 11) is 0. The van der Waals surface area contributed by atoms with E-state index in [0.717, 1.165) is 6.42 Å². The number of nitrogens with two attached hydrogens (primary N) is 2. The maximum Gasteiger partial charge on any atom is 0.252 e. The molecule has 104 valence electrons. The fraction of sp³-hybridized carbons (Fsp3) is 0.571. The minimum Gasteiger partial charge on any atom is -0.397 e. The van der Waals surface area contributed by atoms with Crippen molar-refractivity contribution in [3.63, 3.8) is 0 Å². The van der Waals surface area contributed by atoms with Crippen LogP contribution in [0, 0.1) is 5.92 Å². The minimum absolute atomic E-state index is 0.344. The van der Waals surface area contributed by atoms with Gasteiger partial charge in [-0.2, -0.15) is 0 Å². The van der Waals surface area contributed by atoms with Crippen LogP contribution in [0.1, 0.15) is 49.4 Å². The molecule has 1 fully saturated rings. The summed E-state index contributed by atoms with van der Waals surface area (Å²) in [5, 5.41) is 3.38. The summed E-state index contributed by atoms with van der Waals surface area (Å²) < 4.78 is 0. The molecule has 5 nitrogen and oxygen atoms in total. The first-order valence-electron chi connectivity index (χ1n) is 6.90. The predicted octanol–water partition coefficient (Wildman–Crippen LogP) is 2.14. The lowest BCUT2D eigenvalue weighted by Crippen LogP contribution is -2.28. The highest BCUT2D eigenvalue weighted by atomic mass is 16.1. The number of nitrogens with one attached hydrogen (secondary N) is 1. The fourth-order valence-electron chi connectivity index (χ4n) is 2.67. The van der Waals surface area contributed by atoms with E-state index in [0.29, 0.717) is 29.0 Å². The lowest BCUT2D eigenvalue weighted by molar-refractivity contribution is 0.100. The Kier molecular flexibility index (Phi) is 4.24. The molecule has 5 N–H and O–H groups in total. The van der Waals surface area contributed by atoms with Crippen LogP contribution in [0.15, 0.2) is 12.3 Å². The number of carbonyl (C=O) groups is 1. The van der Waals surface area contributed by atoms with Crippen LogP contribution in [0.3, 0.4) is 0 Å². The number of aromatic nitrogens is 1. The second-order valence-corrected chi connectivity index (χ2v) is 5.40. The van der Waals surface area contributed by atoms with Crippen molar-refractivity contribution in [3.8, 4) is 0 Å². The van der Waals surface area contributed by atoms with Crippen LogP contribution in [0.25, 0.3) is 0 Å². The number of primary amides is 1. The van der Waals surface area contributed by atoms with Crippen LogP contribution < -0.4 is 16.8 Å². The van der Waals surface area contributed by atoms with E-state index in [9.17, 15) is 4.79 Å². The second kappa shape index (κ2) is 5.91. The zero-order chi connectivity index (χ0) is 13.8. The number of hydrogen-bond acceptors (Lipinski definition) is 4. The van der Waals surface area contributed by atoms with Gasteiger partial charge in [0.05, 0.1) is 17.4 Å². The number of amides is 1. The summed E-state index contributed by atoms with van der Waals surface area (Å²) >= 11 is 0. The SMILES string of the molecule is CC1CCCCCC1Nc1ncc(N)cc1C(N)=O. The standard InChI is InChI=1S/C14H22N4O/c1-9-5-3-2-4-6-12(9)18-14-11(13(16)19)7-10(15)8-17-14/h7-9,12H,2-6,15H2,1H3,(H2,16,19)(H,17,18). The van der Waals surface area contributed by atoms with Crippen LogP contribution in [-0.4, -0.2) is 16.9 Å². The zero-order valence-corrected chi connectivity index (χ0v) is 11.4.